The van der Waals surface area contributed by atoms with Crippen molar-refractivity contribution in [3.8, 4) is 5.75 Å². The van der Waals surface area contributed by atoms with Gasteiger partial charge in [0.15, 0.2) is 0 Å². The van der Waals surface area contributed by atoms with Crippen molar-refractivity contribution in [2.24, 2.45) is 5.73 Å². The Labute approximate surface area is 109 Å². The normalized spacial score (nSPS) is 14.5. The van der Waals surface area contributed by atoms with Crippen LogP contribution in [0.5, 0.6) is 5.75 Å². The first-order valence-electron chi connectivity index (χ1n) is 5.28. The average Bonchev–Trinajstić information content (AvgIpc) is 2.23. The minimum atomic E-state index is -5.65. The average molecular weight is 305 g/mol. The van der Waals surface area contributed by atoms with E-state index in [1.165, 1.54) is 6.92 Å². The van der Waals surface area contributed by atoms with Crippen molar-refractivity contribution < 1.29 is 35.5 Å². The number of alkyl halides is 6. The van der Waals surface area contributed by atoms with E-state index in [1.807, 2.05) is 0 Å². The highest BCUT2D eigenvalue weighted by atomic mass is 19.4. The second kappa shape index (κ2) is 5.47. The van der Waals surface area contributed by atoms with E-state index in [4.69, 9.17) is 5.73 Å². The third kappa shape index (κ3) is 3.99. The molecule has 0 spiro atoms. The number of rotatable bonds is 3. The van der Waals surface area contributed by atoms with Gasteiger partial charge in [0.05, 0.1) is 0 Å². The van der Waals surface area contributed by atoms with Gasteiger partial charge in [0, 0.05) is 11.6 Å². The lowest BCUT2D eigenvalue weighted by Gasteiger charge is -2.25. The highest BCUT2D eigenvalue weighted by Gasteiger charge is 2.59. The number of hydrogen-bond donors (Lipinski definition) is 1. The summed E-state index contributed by atoms with van der Waals surface area (Å²) in [7, 11) is 0. The number of halogens is 7. The van der Waals surface area contributed by atoms with Gasteiger partial charge < -0.3 is 10.5 Å². The standard InChI is InChI=1S/C11H10F7NO/c1-5(19)7-4-6(12)2-3-8(7)20-9(10(13,14)15)11(16,17)18/h2-5,9H,19H2,1H3/t5-/m1/s1. The molecule has 0 bridgehead atoms. The lowest BCUT2D eigenvalue weighted by atomic mass is 10.1. The molecule has 1 aromatic rings. The summed E-state index contributed by atoms with van der Waals surface area (Å²) in [6, 6.07) is 1.09. The Morgan fingerprint density at radius 2 is 1.55 bits per heavy atom. The molecule has 0 heterocycles. The van der Waals surface area contributed by atoms with Gasteiger partial charge in [-0.3, -0.25) is 0 Å². The molecule has 114 valence electrons. The quantitative estimate of drug-likeness (QED) is 0.864. The molecule has 1 rings (SSSR count). The van der Waals surface area contributed by atoms with Crippen LogP contribution in [-0.2, 0) is 0 Å². The van der Waals surface area contributed by atoms with E-state index in [0.29, 0.717) is 12.1 Å². The molecule has 1 aromatic carbocycles. The van der Waals surface area contributed by atoms with Crippen molar-refractivity contribution in [1.29, 1.82) is 0 Å². The van der Waals surface area contributed by atoms with E-state index in [-0.39, 0.29) is 5.56 Å². The molecule has 2 nitrogen and oxygen atoms in total. The summed E-state index contributed by atoms with van der Waals surface area (Å²) < 4.78 is 91.1. The zero-order valence-corrected chi connectivity index (χ0v) is 10.0. The van der Waals surface area contributed by atoms with E-state index < -0.39 is 36.1 Å². The van der Waals surface area contributed by atoms with Gasteiger partial charge >= 0.3 is 12.4 Å². The van der Waals surface area contributed by atoms with Crippen LogP contribution in [0.25, 0.3) is 0 Å². The zero-order chi connectivity index (χ0) is 15.7. The van der Waals surface area contributed by atoms with Crippen molar-refractivity contribution in [2.75, 3.05) is 0 Å². The summed E-state index contributed by atoms with van der Waals surface area (Å²) in [5, 5.41) is 0. The molecule has 0 amide bonds. The van der Waals surface area contributed by atoms with Crippen LogP contribution in [0.3, 0.4) is 0 Å². The van der Waals surface area contributed by atoms with Crippen LogP contribution in [0.15, 0.2) is 18.2 Å². The minimum absolute atomic E-state index is 0.288. The van der Waals surface area contributed by atoms with Gasteiger partial charge in [-0.1, -0.05) is 0 Å². The third-order valence-corrected chi connectivity index (χ3v) is 2.30. The minimum Gasteiger partial charge on any atom is -0.471 e. The number of benzene rings is 1. The maximum Gasteiger partial charge on any atom is 0.434 e. The van der Waals surface area contributed by atoms with Crippen molar-refractivity contribution in [2.45, 2.75) is 31.4 Å². The van der Waals surface area contributed by atoms with E-state index in [0.717, 1.165) is 6.07 Å². The zero-order valence-electron chi connectivity index (χ0n) is 10.0. The molecule has 2 N–H and O–H groups in total. The summed E-state index contributed by atoms with van der Waals surface area (Å²) in [6.07, 6.45) is -15.3. The summed E-state index contributed by atoms with van der Waals surface area (Å²) in [4.78, 5) is 0. The van der Waals surface area contributed by atoms with E-state index >= 15 is 0 Å². The highest BCUT2D eigenvalue weighted by Crippen LogP contribution is 2.38. The Morgan fingerprint density at radius 1 is 1.05 bits per heavy atom. The molecular weight excluding hydrogens is 295 g/mol. The van der Waals surface area contributed by atoms with Crippen LogP contribution < -0.4 is 10.5 Å². The molecule has 1 atom stereocenters. The van der Waals surface area contributed by atoms with Crippen molar-refractivity contribution in [3.05, 3.63) is 29.6 Å². The SMILES string of the molecule is C[C@@H](N)c1cc(F)ccc1OC(C(F)(F)F)C(F)(F)F. The van der Waals surface area contributed by atoms with Gasteiger partial charge in [-0.15, -0.1) is 0 Å². The topological polar surface area (TPSA) is 35.2 Å². The number of hydrogen-bond acceptors (Lipinski definition) is 2. The molecule has 9 heteroatoms. The smallest absolute Gasteiger partial charge is 0.434 e. The van der Waals surface area contributed by atoms with Crippen molar-refractivity contribution in [3.63, 3.8) is 0 Å². The fourth-order valence-electron chi connectivity index (χ4n) is 1.43. The summed E-state index contributed by atoms with van der Waals surface area (Å²) in [5.74, 6) is -1.61. The molecule has 0 radical (unpaired) electrons. The monoisotopic (exact) mass is 305 g/mol. The molecule has 0 unspecified atom stereocenters. The van der Waals surface area contributed by atoms with Gasteiger partial charge in [0.25, 0.3) is 6.10 Å². The highest BCUT2D eigenvalue weighted by molar-refractivity contribution is 5.36. The van der Waals surface area contributed by atoms with E-state index in [2.05, 4.69) is 4.74 Å². The molecule has 0 aliphatic heterocycles. The first kappa shape index (κ1) is 16.5. The van der Waals surface area contributed by atoms with Crippen LogP contribution in [0.4, 0.5) is 30.7 Å². The first-order chi connectivity index (χ1) is 8.93. The lowest BCUT2D eigenvalue weighted by Crippen LogP contribution is -2.46. The molecule has 0 aliphatic carbocycles. The van der Waals surface area contributed by atoms with Crippen molar-refractivity contribution in [1.82, 2.24) is 0 Å². The fourth-order valence-corrected chi connectivity index (χ4v) is 1.43. The predicted octanol–water partition coefficient (Wildman–Crippen LogP) is 3.72. The molecule has 20 heavy (non-hydrogen) atoms. The van der Waals surface area contributed by atoms with Crippen LogP contribution in [0.2, 0.25) is 0 Å². The van der Waals surface area contributed by atoms with Gasteiger partial charge in [-0.25, -0.2) is 4.39 Å². The maximum absolute atomic E-state index is 13.0. The van der Waals surface area contributed by atoms with Gasteiger partial charge in [-0.05, 0) is 25.1 Å². The number of ether oxygens (including phenoxy) is 1. The van der Waals surface area contributed by atoms with Gasteiger partial charge in [-0.2, -0.15) is 26.3 Å². The van der Waals surface area contributed by atoms with E-state index in [1.54, 1.807) is 0 Å². The maximum atomic E-state index is 13.0. The fraction of sp³-hybridized carbons (Fsp3) is 0.455. The Kier molecular flexibility index (Phi) is 4.52. The predicted molar refractivity (Wildman–Crippen MR) is 55.5 cm³/mol. The van der Waals surface area contributed by atoms with Crippen LogP contribution in [-0.4, -0.2) is 18.5 Å². The van der Waals surface area contributed by atoms with Gasteiger partial charge in [0.1, 0.15) is 11.6 Å². The van der Waals surface area contributed by atoms with Gasteiger partial charge in [0.2, 0.25) is 0 Å². The Balaban J connectivity index is 3.19. The van der Waals surface area contributed by atoms with Crippen LogP contribution >= 0.6 is 0 Å². The molecule has 0 saturated carbocycles. The van der Waals surface area contributed by atoms with Crippen molar-refractivity contribution >= 4 is 0 Å². The second-order valence-corrected chi connectivity index (χ2v) is 4.05. The third-order valence-electron chi connectivity index (χ3n) is 2.30. The van der Waals surface area contributed by atoms with Crippen LogP contribution in [0, 0.1) is 5.82 Å². The molecule has 0 saturated heterocycles. The summed E-state index contributed by atoms with van der Waals surface area (Å²) in [6.45, 7) is 1.28. The largest absolute Gasteiger partial charge is 0.471 e. The lowest BCUT2D eigenvalue weighted by molar-refractivity contribution is -0.300. The summed E-state index contributed by atoms with van der Waals surface area (Å²) in [5.41, 5.74) is 5.08. The van der Waals surface area contributed by atoms with Crippen LogP contribution in [0.1, 0.15) is 18.5 Å². The Bertz CT molecular complexity index is 453. The molecule has 0 aromatic heterocycles. The molecular formula is C11H10F7NO. The molecule has 0 aliphatic rings. The Morgan fingerprint density at radius 3 is 1.95 bits per heavy atom. The summed E-state index contributed by atoms with van der Waals surface area (Å²) >= 11 is 0. The molecule has 0 fully saturated rings. The Hall–Kier alpha value is -1.51. The first-order valence-corrected chi connectivity index (χ1v) is 5.28. The second-order valence-electron chi connectivity index (χ2n) is 4.05. The number of nitrogens with two attached hydrogens (primary N) is 1. The van der Waals surface area contributed by atoms with E-state index in [9.17, 15) is 30.7 Å².